The summed E-state index contributed by atoms with van der Waals surface area (Å²) in [6, 6.07) is 0. The first-order valence-corrected chi connectivity index (χ1v) is 5.63. The molecule has 0 aromatic heterocycles. The van der Waals surface area contributed by atoms with Crippen LogP contribution in [0.3, 0.4) is 0 Å². The largest absolute Gasteiger partial charge is 1.00 e. The Morgan fingerprint density at radius 3 is 1.42 bits per heavy atom. The third-order valence-electron chi connectivity index (χ3n) is 0.998. The summed E-state index contributed by atoms with van der Waals surface area (Å²) in [5.41, 5.74) is 0. The summed E-state index contributed by atoms with van der Waals surface area (Å²) in [6.07, 6.45) is -0.391. The molecule has 0 radical (unpaired) electrons. The predicted molar refractivity (Wildman–Crippen MR) is 38.3 cm³/mol. The quantitative estimate of drug-likeness (QED) is 0.385. The molecule has 0 aromatic rings. The van der Waals surface area contributed by atoms with Gasteiger partial charge in [0.1, 0.15) is 0 Å². The molecule has 0 fully saturated rings. The first-order valence-electron chi connectivity index (χ1n) is 2.62. The summed E-state index contributed by atoms with van der Waals surface area (Å²) in [4.78, 5) is 0. The number of rotatable bonds is 3. The molecule has 12 heavy (non-hydrogen) atoms. The second-order valence-corrected chi connectivity index (χ2v) is 5.36. The molecule has 0 atom stereocenters. The summed E-state index contributed by atoms with van der Waals surface area (Å²) in [6.45, 7) is 1.21. The molecule has 0 aliphatic carbocycles. The molecule has 0 bridgehead atoms. The van der Waals surface area contributed by atoms with E-state index in [-0.39, 0.29) is 31.0 Å². The van der Waals surface area contributed by atoms with E-state index in [0.29, 0.717) is 0 Å². The van der Waals surface area contributed by atoms with E-state index in [1.807, 2.05) is 0 Å². The molecule has 0 amide bonds. The van der Waals surface area contributed by atoms with E-state index in [1.165, 1.54) is 6.92 Å². The molecule has 2 N–H and O–H groups in total. The van der Waals surface area contributed by atoms with E-state index in [4.69, 9.17) is 9.11 Å². The van der Waals surface area contributed by atoms with Crippen molar-refractivity contribution in [1.29, 1.82) is 0 Å². The van der Waals surface area contributed by atoms with Gasteiger partial charge in [-0.05, 0) is 6.42 Å². The van der Waals surface area contributed by atoms with Crippen LogP contribution < -0.4 is 29.6 Å². The van der Waals surface area contributed by atoms with Gasteiger partial charge in [-0.3, -0.25) is 9.11 Å². The number of hydrogen-bond donors (Lipinski definition) is 2. The van der Waals surface area contributed by atoms with Crippen LogP contribution in [0.2, 0.25) is 0 Å². The molecule has 6 nitrogen and oxygen atoms in total. The summed E-state index contributed by atoms with van der Waals surface area (Å²) in [7, 11) is -9.42. The fourth-order valence-electron chi connectivity index (χ4n) is 0.575. The molecule has 0 aromatic carbocycles. The molecule has 0 aliphatic rings. The van der Waals surface area contributed by atoms with Crippen molar-refractivity contribution in [2.24, 2.45) is 0 Å². The van der Waals surface area contributed by atoms with E-state index < -0.39 is 31.2 Å². The van der Waals surface area contributed by atoms with Gasteiger partial charge in [-0.15, -0.1) is 0 Å². The average Bonchev–Trinajstić information content (AvgIpc) is 1.56. The van der Waals surface area contributed by atoms with Crippen LogP contribution in [-0.4, -0.2) is 30.5 Å². The van der Waals surface area contributed by atoms with Crippen LogP contribution >= 0.6 is 0 Å². The fourth-order valence-corrected chi connectivity index (χ4v) is 2.65. The van der Waals surface area contributed by atoms with Crippen molar-refractivity contribution in [1.82, 2.24) is 0 Å². The topological polar surface area (TPSA) is 109 Å². The smallest absolute Gasteiger partial charge is 1.00 e. The normalized spacial score (nSPS) is 12.7. The molecule has 0 saturated heterocycles. The summed E-state index contributed by atoms with van der Waals surface area (Å²) < 4.78 is 55.3. The molecule has 0 spiro atoms. The molecule has 0 saturated carbocycles. The fraction of sp³-hybridized carbons (Fsp3) is 1.00. The SMILES string of the molecule is CCC(S(=O)(=O)O)S(=O)(=O)O.[H-].[Na+]. The molecule has 9 heteroatoms. The molecular formula is C3H9NaO6S2. The summed E-state index contributed by atoms with van der Waals surface area (Å²) in [5, 5.41) is 0. The molecular weight excluding hydrogens is 219 g/mol. The molecule has 0 unspecified atom stereocenters. The first kappa shape index (κ1) is 15.3. The average molecular weight is 228 g/mol. The molecule has 0 heterocycles. The summed E-state index contributed by atoms with van der Waals surface area (Å²) >= 11 is 0. The van der Waals surface area contributed by atoms with Gasteiger partial charge >= 0.3 is 29.6 Å². The zero-order valence-electron chi connectivity index (χ0n) is 7.63. The van der Waals surface area contributed by atoms with E-state index in [1.54, 1.807) is 0 Å². The van der Waals surface area contributed by atoms with E-state index in [2.05, 4.69) is 0 Å². The van der Waals surface area contributed by atoms with E-state index in [0.717, 1.165) is 0 Å². The maximum absolute atomic E-state index is 10.2. The Labute approximate surface area is 94.6 Å². The van der Waals surface area contributed by atoms with Crippen molar-refractivity contribution in [2.45, 2.75) is 17.9 Å². The van der Waals surface area contributed by atoms with Crippen LogP contribution in [-0.2, 0) is 20.2 Å². The minimum atomic E-state index is -4.71. The van der Waals surface area contributed by atoms with Crippen molar-refractivity contribution >= 4 is 20.2 Å². The Morgan fingerprint density at radius 1 is 1.17 bits per heavy atom. The van der Waals surface area contributed by atoms with Crippen LogP contribution in [0.1, 0.15) is 14.8 Å². The minimum absolute atomic E-state index is 0. The van der Waals surface area contributed by atoms with Gasteiger partial charge in [0.05, 0.1) is 0 Å². The minimum Gasteiger partial charge on any atom is -1.00 e. The predicted octanol–water partition coefficient (Wildman–Crippen LogP) is -3.39. The maximum atomic E-state index is 10.2. The van der Waals surface area contributed by atoms with Crippen molar-refractivity contribution in [3.8, 4) is 0 Å². The second-order valence-electron chi connectivity index (χ2n) is 1.87. The van der Waals surface area contributed by atoms with E-state index >= 15 is 0 Å². The van der Waals surface area contributed by atoms with Crippen LogP contribution in [0.4, 0.5) is 0 Å². The van der Waals surface area contributed by atoms with Crippen molar-refractivity contribution in [3.05, 3.63) is 0 Å². The van der Waals surface area contributed by atoms with E-state index in [9.17, 15) is 16.8 Å². The zero-order chi connectivity index (χ0) is 9.28. The first-order chi connectivity index (χ1) is 4.69. The Balaban J connectivity index is -0.000000500. The summed E-state index contributed by atoms with van der Waals surface area (Å²) in [5.74, 6) is 0. The second kappa shape index (κ2) is 4.89. The standard InChI is InChI=1S/C3H8O6S2.Na.H/c1-2-3(10(4,5)6)11(7,8)9;;/h3H,2H2,1H3,(H,4,5,6)(H,7,8,9);;/q;+1;-1. The Hall–Kier alpha value is 0.820. The Kier molecular flexibility index (Phi) is 6.24. The van der Waals surface area contributed by atoms with Gasteiger partial charge in [-0.1, -0.05) is 6.92 Å². The molecule has 0 rings (SSSR count). The van der Waals surface area contributed by atoms with Crippen molar-refractivity contribution in [2.75, 3.05) is 0 Å². The number of hydrogen-bond acceptors (Lipinski definition) is 4. The van der Waals surface area contributed by atoms with Gasteiger partial charge in [0.2, 0.25) is 4.58 Å². The third kappa shape index (κ3) is 4.75. The van der Waals surface area contributed by atoms with Crippen LogP contribution in [0.5, 0.6) is 0 Å². The van der Waals surface area contributed by atoms with Crippen molar-refractivity contribution in [3.63, 3.8) is 0 Å². The van der Waals surface area contributed by atoms with Gasteiger partial charge in [0, 0.05) is 0 Å². The monoisotopic (exact) mass is 228 g/mol. The van der Waals surface area contributed by atoms with Crippen LogP contribution in [0.25, 0.3) is 0 Å². The van der Waals surface area contributed by atoms with Gasteiger partial charge in [0.25, 0.3) is 20.2 Å². The maximum Gasteiger partial charge on any atom is 1.00 e. The molecule has 0 aliphatic heterocycles. The Bertz CT molecular complexity index is 288. The van der Waals surface area contributed by atoms with Crippen LogP contribution in [0.15, 0.2) is 0 Å². The van der Waals surface area contributed by atoms with Gasteiger partial charge in [-0.2, -0.15) is 16.8 Å². The van der Waals surface area contributed by atoms with Crippen LogP contribution in [0, 0.1) is 0 Å². The van der Waals surface area contributed by atoms with Gasteiger partial charge in [0.15, 0.2) is 0 Å². The van der Waals surface area contributed by atoms with Crippen molar-refractivity contribution < 1.29 is 56.9 Å². The third-order valence-corrected chi connectivity index (χ3v) is 4.45. The molecule has 70 valence electrons. The Morgan fingerprint density at radius 2 is 1.42 bits per heavy atom. The van der Waals surface area contributed by atoms with Gasteiger partial charge < -0.3 is 1.43 Å². The van der Waals surface area contributed by atoms with Gasteiger partial charge in [-0.25, -0.2) is 0 Å². The zero-order valence-corrected chi connectivity index (χ0v) is 10.3.